The summed E-state index contributed by atoms with van der Waals surface area (Å²) in [5.41, 5.74) is 0.886. The van der Waals surface area contributed by atoms with Crippen LogP contribution in [0.25, 0.3) is 6.08 Å². The molecule has 1 saturated heterocycles. The molecule has 1 heterocycles. The predicted octanol–water partition coefficient (Wildman–Crippen LogP) is 2.61. The van der Waals surface area contributed by atoms with Crippen molar-refractivity contribution >= 4 is 12.0 Å². The van der Waals surface area contributed by atoms with Crippen molar-refractivity contribution in [3.05, 3.63) is 29.8 Å². The molecular weight excluding hydrogens is 318 g/mol. The maximum Gasteiger partial charge on any atom is 0.246 e. The highest BCUT2D eigenvalue weighted by Crippen LogP contribution is 2.28. The Morgan fingerprint density at radius 1 is 1.36 bits per heavy atom. The summed E-state index contributed by atoms with van der Waals surface area (Å²) in [7, 11) is 3.18. The normalized spacial score (nSPS) is 17.3. The van der Waals surface area contributed by atoms with Gasteiger partial charge in [0.1, 0.15) is 6.61 Å². The van der Waals surface area contributed by atoms with E-state index in [1.54, 1.807) is 26.4 Å². The molecular formula is C20H25NO4. The average molecular weight is 343 g/mol. The molecule has 1 fully saturated rings. The Bertz CT molecular complexity index is 648. The maximum absolute atomic E-state index is 12.4. The molecule has 5 nitrogen and oxygen atoms in total. The van der Waals surface area contributed by atoms with Crippen LogP contribution < -0.4 is 9.47 Å². The lowest BCUT2D eigenvalue weighted by Gasteiger charge is -2.31. The van der Waals surface area contributed by atoms with Crippen LogP contribution >= 0.6 is 0 Å². The first-order valence-corrected chi connectivity index (χ1v) is 8.38. The number of benzene rings is 1. The number of ether oxygens (including phenoxy) is 3. The largest absolute Gasteiger partial charge is 0.493 e. The minimum absolute atomic E-state index is 0.0106. The second-order valence-electron chi connectivity index (χ2n) is 5.96. The molecule has 1 aliphatic heterocycles. The van der Waals surface area contributed by atoms with Crippen molar-refractivity contribution in [2.24, 2.45) is 5.92 Å². The van der Waals surface area contributed by atoms with Crippen LogP contribution in [0.5, 0.6) is 11.5 Å². The summed E-state index contributed by atoms with van der Waals surface area (Å²) in [6, 6.07) is 5.55. The van der Waals surface area contributed by atoms with E-state index in [2.05, 4.69) is 5.92 Å². The number of nitrogens with zero attached hydrogens (tertiary/aromatic N) is 1. The summed E-state index contributed by atoms with van der Waals surface area (Å²) in [6.07, 6.45) is 10.6. The number of methoxy groups -OCH3 is 2. The fraction of sp³-hybridized carbons (Fsp3) is 0.450. The van der Waals surface area contributed by atoms with Gasteiger partial charge >= 0.3 is 0 Å². The van der Waals surface area contributed by atoms with Gasteiger partial charge in [-0.25, -0.2) is 0 Å². The molecule has 0 aromatic heterocycles. The van der Waals surface area contributed by atoms with E-state index >= 15 is 0 Å². The van der Waals surface area contributed by atoms with Crippen molar-refractivity contribution in [1.82, 2.24) is 4.90 Å². The van der Waals surface area contributed by atoms with Gasteiger partial charge in [-0.2, -0.15) is 0 Å². The second kappa shape index (κ2) is 9.75. The molecule has 0 spiro atoms. The van der Waals surface area contributed by atoms with Crippen LogP contribution in [0.15, 0.2) is 24.3 Å². The predicted molar refractivity (Wildman–Crippen MR) is 97.5 cm³/mol. The van der Waals surface area contributed by atoms with Crippen molar-refractivity contribution in [3.63, 3.8) is 0 Å². The number of piperidine rings is 1. The van der Waals surface area contributed by atoms with Gasteiger partial charge in [0.15, 0.2) is 11.5 Å². The summed E-state index contributed by atoms with van der Waals surface area (Å²) in [6.45, 7) is 2.41. The molecule has 0 saturated carbocycles. The van der Waals surface area contributed by atoms with Crippen LogP contribution in [0.1, 0.15) is 18.4 Å². The van der Waals surface area contributed by atoms with Crippen molar-refractivity contribution in [2.45, 2.75) is 12.8 Å². The molecule has 2 rings (SSSR count). The molecule has 1 amide bonds. The zero-order valence-electron chi connectivity index (χ0n) is 14.9. The summed E-state index contributed by atoms with van der Waals surface area (Å²) < 4.78 is 15.9. The van der Waals surface area contributed by atoms with E-state index in [9.17, 15) is 4.79 Å². The first kappa shape index (κ1) is 18.9. The minimum Gasteiger partial charge on any atom is -0.493 e. The first-order valence-electron chi connectivity index (χ1n) is 8.38. The van der Waals surface area contributed by atoms with Crippen LogP contribution in [0.3, 0.4) is 0 Å². The van der Waals surface area contributed by atoms with Crippen molar-refractivity contribution in [3.8, 4) is 23.8 Å². The molecule has 1 aliphatic rings. The van der Waals surface area contributed by atoms with Crippen molar-refractivity contribution < 1.29 is 19.0 Å². The van der Waals surface area contributed by atoms with Crippen LogP contribution in [0.4, 0.5) is 0 Å². The van der Waals surface area contributed by atoms with Gasteiger partial charge in [0.25, 0.3) is 0 Å². The van der Waals surface area contributed by atoms with Crippen LogP contribution in [0, 0.1) is 18.3 Å². The van der Waals surface area contributed by atoms with Gasteiger partial charge in [0.2, 0.25) is 5.91 Å². The topological polar surface area (TPSA) is 48.0 Å². The van der Waals surface area contributed by atoms with Gasteiger partial charge in [0.05, 0.1) is 20.8 Å². The van der Waals surface area contributed by atoms with Crippen molar-refractivity contribution in [2.75, 3.05) is 40.5 Å². The number of likely N-dealkylation sites (tertiary alicyclic amines) is 1. The van der Waals surface area contributed by atoms with Gasteiger partial charge < -0.3 is 19.1 Å². The number of terminal acetylenes is 1. The van der Waals surface area contributed by atoms with Gasteiger partial charge in [-0.3, -0.25) is 4.79 Å². The highest BCUT2D eigenvalue weighted by atomic mass is 16.5. The fourth-order valence-corrected chi connectivity index (χ4v) is 2.92. The first-order chi connectivity index (χ1) is 12.2. The Hall–Kier alpha value is -2.45. The molecule has 1 aromatic carbocycles. The molecule has 1 aromatic rings. The number of amides is 1. The zero-order chi connectivity index (χ0) is 18.1. The minimum atomic E-state index is 0.0106. The molecule has 0 bridgehead atoms. The third kappa shape index (κ3) is 5.54. The molecule has 0 radical (unpaired) electrons. The fourth-order valence-electron chi connectivity index (χ4n) is 2.92. The average Bonchev–Trinajstić information content (AvgIpc) is 2.66. The van der Waals surface area contributed by atoms with Gasteiger partial charge in [-0.1, -0.05) is 12.0 Å². The lowest BCUT2D eigenvalue weighted by molar-refractivity contribution is -0.128. The Balaban J connectivity index is 1.94. The van der Waals surface area contributed by atoms with Crippen molar-refractivity contribution in [1.29, 1.82) is 0 Å². The molecule has 0 N–H and O–H groups in total. The Labute approximate surface area is 149 Å². The van der Waals surface area contributed by atoms with E-state index in [1.807, 2.05) is 23.1 Å². The van der Waals surface area contributed by atoms with Crippen LogP contribution in [0.2, 0.25) is 0 Å². The summed E-state index contributed by atoms with van der Waals surface area (Å²) in [5.74, 6) is 4.13. The smallest absolute Gasteiger partial charge is 0.246 e. The highest BCUT2D eigenvalue weighted by molar-refractivity contribution is 5.92. The van der Waals surface area contributed by atoms with E-state index in [0.717, 1.165) is 24.9 Å². The number of rotatable bonds is 7. The highest BCUT2D eigenvalue weighted by Gasteiger charge is 2.22. The monoisotopic (exact) mass is 343 g/mol. The Morgan fingerprint density at radius 3 is 2.88 bits per heavy atom. The lowest BCUT2D eigenvalue weighted by atomic mass is 9.99. The molecule has 1 unspecified atom stereocenters. The van der Waals surface area contributed by atoms with Gasteiger partial charge in [-0.05, 0) is 36.6 Å². The van der Waals surface area contributed by atoms with Crippen LogP contribution in [-0.4, -0.2) is 51.3 Å². The molecule has 5 heteroatoms. The molecule has 1 atom stereocenters. The Kier molecular flexibility index (Phi) is 7.36. The lowest BCUT2D eigenvalue weighted by Crippen LogP contribution is -2.40. The van der Waals surface area contributed by atoms with E-state index in [0.29, 0.717) is 37.2 Å². The third-order valence-corrected chi connectivity index (χ3v) is 4.20. The quantitative estimate of drug-likeness (QED) is 0.434. The summed E-state index contributed by atoms with van der Waals surface area (Å²) in [4.78, 5) is 14.3. The number of carbonyl (C=O) groups excluding carboxylic acids is 1. The SMILES string of the molecule is C#CCOCC1CCCN(C(=O)/C=C/c2ccc(OC)c(OC)c2)C1. The van der Waals surface area contributed by atoms with E-state index < -0.39 is 0 Å². The maximum atomic E-state index is 12.4. The number of hydrogen-bond donors (Lipinski definition) is 0. The molecule has 25 heavy (non-hydrogen) atoms. The summed E-state index contributed by atoms with van der Waals surface area (Å²) >= 11 is 0. The number of carbonyl (C=O) groups is 1. The third-order valence-electron chi connectivity index (χ3n) is 4.20. The summed E-state index contributed by atoms with van der Waals surface area (Å²) in [5, 5.41) is 0. The van der Waals surface area contributed by atoms with Gasteiger partial charge in [-0.15, -0.1) is 6.42 Å². The second-order valence-corrected chi connectivity index (χ2v) is 5.96. The van der Waals surface area contributed by atoms with E-state index in [4.69, 9.17) is 20.6 Å². The standard InChI is InChI=1S/C20H25NO4/c1-4-12-25-15-17-6-5-11-21(14-17)20(22)10-8-16-7-9-18(23-2)19(13-16)24-3/h1,7-10,13,17H,5-6,11-12,14-15H2,2-3H3/b10-8+. The number of hydrogen-bond acceptors (Lipinski definition) is 4. The van der Waals surface area contributed by atoms with E-state index in [-0.39, 0.29) is 5.91 Å². The Morgan fingerprint density at radius 2 is 2.16 bits per heavy atom. The van der Waals surface area contributed by atoms with E-state index in [1.165, 1.54) is 0 Å². The van der Waals surface area contributed by atoms with Gasteiger partial charge in [0, 0.05) is 25.1 Å². The molecule has 0 aliphatic carbocycles. The molecule has 134 valence electrons. The zero-order valence-corrected chi connectivity index (χ0v) is 14.9. The van der Waals surface area contributed by atoms with Crippen LogP contribution in [-0.2, 0) is 9.53 Å².